The number of amides is 1. The van der Waals surface area contributed by atoms with Gasteiger partial charge in [-0.3, -0.25) is 14.4 Å². The number of allylic oxidation sites excluding steroid dienone is 1. The van der Waals surface area contributed by atoms with Crippen molar-refractivity contribution in [3.05, 3.63) is 40.9 Å². The van der Waals surface area contributed by atoms with Gasteiger partial charge in [-0.15, -0.1) is 0 Å². The van der Waals surface area contributed by atoms with E-state index in [-0.39, 0.29) is 29.8 Å². The molecule has 2 aliphatic carbocycles. The summed E-state index contributed by atoms with van der Waals surface area (Å²) in [6.07, 6.45) is 0.867. The number of hydrogen-bond acceptors (Lipinski definition) is 4. The summed E-state index contributed by atoms with van der Waals surface area (Å²) >= 11 is 3.44. The van der Waals surface area contributed by atoms with E-state index in [0.717, 1.165) is 23.2 Å². The standard InChI is InChI=1S/C20H21BrN2O3/c1-13-14-10-17(24)12-20(11-14,18(13)25)19(26)23-8-6-22(7-9-23)16-4-2-15(21)3-5-16/h2-5,14H,1,6-12H2. The first-order valence-corrected chi connectivity index (χ1v) is 9.75. The van der Waals surface area contributed by atoms with Gasteiger partial charge in [-0.1, -0.05) is 22.5 Å². The first-order valence-electron chi connectivity index (χ1n) is 8.96. The molecule has 3 fully saturated rings. The molecular weight excluding hydrogens is 396 g/mol. The van der Waals surface area contributed by atoms with Crippen molar-refractivity contribution >= 4 is 39.1 Å². The largest absolute Gasteiger partial charge is 0.368 e. The molecule has 26 heavy (non-hydrogen) atoms. The van der Waals surface area contributed by atoms with Crippen LogP contribution in [0.15, 0.2) is 40.9 Å². The van der Waals surface area contributed by atoms with Crippen LogP contribution in [0.2, 0.25) is 0 Å². The lowest BCUT2D eigenvalue weighted by Gasteiger charge is -2.40. The fraction of sp³-hybridized carbons (Fsp3) is 0.450. The van der Waals surface area contributed by atoms with Gasteiger partial charge in [0.25, 0.3) is 0 Å². The molecule has 0 aromatic heterocycles. The molecule has 1 amide bonds. The van der Waals surface area contributed by atoms with Crippen molar-refractivity contribution < 1.29 is 14.4 Å². The second-order valence-electron chi connectivity index (χ2n) is 7.51. The summed E-state index contributed by atoms with van der Waals surface area (Å²) < 4.78 is 1.03. The molecule has 0 N–H and O–H groups in total. The molecule has 5 nitrogen and oxygen atoms in total. The summed E-state index contributed by atoms with van der Waals surface area (Å²) in [6.45, 7) is 6.43. The topological polar surface area (TPSA) is 57.7 Å². The number of piperazine rings is 1. The van der Waals surface area contributed by atoms with E-state index in [9.17, 15) is 14.4 Å². The minimum Gasteiger partial charge on any atom is -0.368 e. The van der Waals surface area contributed by atoms with Crippen LogP contribution in [0.25, 0.3) is 0 Å². The Balaban J connectivity index is 1.48. The number of Topliss-reactive ketones (excluding diaryl/α,β-unsaturated/α-hetero) is 2. The van der Waals surface area contributed by atoms with Crippen molar-refractivity contribution in [1.29, 1.82) is 0 Å². The summed E-state index contributed by atoms with van der Waals surface area (Å²) in [6, 6.07) is 8.11. The molecule has 0 radical (unpaired) electrons. The Kier molecular flexibility index (Phi) is 4.26. The smallest absolute Gasteiger partial charge is 0.237 e. The van der Waals surface area contributed by atoms with Gasteiger partial charge < -0.3 is 9.80 Å². The number of nitrogens with zero attached hydrogens (tertiary/aromatic N) is 2. The third kappa shape index (κ3) is 2.71. The first kappa shape index (κ1) is 17.5. The van der Waals surface area contributed by atoms with E-state index in [1.165, 1.54) is 0 Å². The van der Waals surface area contributed by atoms with Gasteiger partial charge in [0, 0.05) is 49.2 Å². The van der Waals surface area contributed by atoms with E-state index < -0.39 is 5.41 Å². The molecule has 1 aliphatic heterocycles. The van der Waals surface area contributed by atoms with Crippen LogP contribution in [0.3, 0.4) is 0 Å². The van der Waals surface area contributed by atoms with Gasteiger partial charge in [-0.2, -0.15) is 0 Å². The van der Waals surface area contributed by atoms with Crippen LogP contribution in [0.1, 0.15) is 19.3 Å². The number of ketones is 2. The maximum atomic E-state index is 13.2. The Bertz CT molecular complexity index is 796. The van der Waals surface area contributed by atoms with Crippen molar-refractivity contribution in [2.75, 3.05) is 31.1 Å². The molecule has 2 atom stereocenters. The van der Waals surface area contributed by atoms with Crippen molar-refractivity contribution in [2.24, 2.45) is 11.3 Å². The third-order valence-electron chi connectivity index (χ3n) is 5.96. The molecule has 2 unspecified atom stereocenters. The predicted molar refractivity (Wildman–Crippen MR) is 102 cm³/mol. The van der Waals surface area contributed by atoms with Gasteiger partial charge in [-0.25, -0.2) is 0 Å². The molecule has 2 bridgehead atoms. The van der Waals surface area contributed by atoms with Crippen LogP contribution < -0.4 is 4.90 Å². The predicted octanol–water partition coefficient (Wildman–Crippen LogP) is 2.59. The molecule has 2 saturated carbocycles. The van der Waals surface area contributed by atoms with E-state index in [1.54, 1.807) is 4.90 Å². The normalized spacial score (nSPS) is 28.7. The molecule has 1 aromatic rings. The van der Waals surface area contributed by atoms with Gasteiger partial charge in [0.05, 0.1) is 0 Å². The lowest BCUT2D eigenvalue weighted by molar-refractivity contribution is -0.151. The van der Waals surface area contributed by atoms with Gasteiger partial charge in [0.15, 0.2) is 5.78 Å². The number of halogens is 1. The average molecular weight is 417 g/mol. The molecule has 3 aliphatic rings. The van der Waals surface area contributed by atoms with E-state index in [2.05, 4.69) is 39.5 Å². The van der Waals surface area contributed by atoms with Gasteiger partial charge in [0.2, 0.25) is 5.91 Å². The maximum absolute atomic E-state index is 13.2. The zero-order valence-corrected chi connectivity index (χ0v) is 16.1. The zero-order valence-electron chi connectivity index (χ0n) is 14.5. The van der Waals surface area contributed by atoms with E-state index in [4.69, 9.17) is 0 Å². The monoisotopic (exact) mass is 416 g/mol. The summed E-state index contributed by atoms with van der Waals surface area (Å²) in [5.74, 6) is -0.504. The molecule has 136 valence electrons. The number of hydrogen-bond donors (Lipinski definition) is 0. The lowest BCUT2D eigenvalue weighted by Crippen LogP contribution is -2.55. The van der Waals surface area contributed by atoms with Crippen LogP contribution in [0.4, 0.5) is 5.69 Å². The molecular formula is C20H21BrN2O3. The summed E-state index contributed by atoms with van der Waals surface area (Å²) in [5.41, 5.74) is 0.422. The van der Waals surface area contributed by atoms with Crippen molar-refractivity contribution in [3.8, 4) is 0 Å². The highest BCUT2D eigenvalue weighted by molar-refractivity contribution is 9.10. The van der Waals surface area contributed by atoms with Gasteiger partial charge >= 0.3 is 0 Å². The average Bonchev–Trinajstić information content (AvgIpc) is 2.83. The van der Waals surface area contributed by atoms with E-state index in [1.807, 2.05) is 12.1 Å². The Labute approximate surface area is 161 Å². The SMILES string of the molecule is C=C1C(=O)C2(C(=O)N3CCN(c4ccc(Br)cc4)CC3)CC(=O)CC1C2. The second-order valence-corrected chi connectivity index (χ2v) is 8.43. The highest BCUT2D eigenvalue weighted by Crippen LogP contribution is 2.51. The number of carbonyl (C=O) groups excluding carboxylic acids is 3. The number of anilines is 1. The second kappa shape index (κ2) is 6.34. The molecule has 0 spiro atoms. The van der Waals surface area contributed by atoms with Crippen LogP contribution in [-0.4, -0.2) is 48.6 Å². The summed E-state index contributed by atoms with van der Waals surface area (Å²) in [7, 11) is 0. The zero-order chi connectivity index (χ0) is 18.5. The summed E-state index contributed by atoms with van der Waals surface area (Å²) in [5, 5.41) is 0. The highest BCUT2D eigenvalue weighted by Gasteiger charge is 2.59. The summed E-state index contributed by atoms with van der Waals surface area (Å²) in [4.78, 5) is 42.0. The van der Waals surface area contributed by atoms with Crippen molar-refractivity contribution in [3.63, 3.8) is 0 Å². The van der Waals surface area contributed by atoms with Crippen molar-refractivity contribution in [1.82, 2.24) is 4.90 Å². The minimum absolute atomic E-state index is 0.00935. The Morgan fingerprint density at radius 1 is 1.12 bits per heavy atom. The van der Waals surface area contributed by atoms with E-state index in [0.29, 0.717) is 31.5 Å². The number of fused-ring (bicyclic) bond motifs is 2. The Morgan fingerprint density at radius 3 is 2.42 bits per heavy atom. The number of carbonyl (C=O) groups is 3. The van der Waals surface area contributed by atoms with Crippen LogP contribution in [0.5, 0.6) is 0 Å². The number of rotatable bonds is 2. The lowest BCUT2D eigenvalue weighted by atomic mass is 9.73. The quantitative estimate of drug-likeness (QED) is 0.549. The molecule has 6 heteroatoms. The molecule has 4 rings (SSSR count). The Morgan fingerprint density at radius 2 is 1.77 bits per heavy atom. The van der Waals surface area contributed by atoms with Crippen LogP contribution >= 0.6 is 15.9 Å². The van der Waals surface area contributed by atoms with Gasteiger partial charge in [-0.05, 0) is 42.2 Å². The maximum Gasteiger partial charge on any atom is 0.237 e. The highest BCUT2D eigenvalue weighted by atomic mass is 79.9. The van der Waals surface area contributed by atoms with Crippen LogP contribution in [0, 0.1) is 11.3 Å². The molecule has 1 saturated heterocycles. The van der Waals surface area contributed by atoms with Crippen molar-refractivity contribution in [2.45, 2.75) is 19.3 Å². The Hall–Kier alpha value is -1.95. The third-order valence-corrected chi connectivity index (χ3v) is 6.48. The first-order chi connectivity index (χ1) is 12.4. The number of benzene rings is 1. The fourth-order valence-corrected chi connectivity index (χ4v) is 4.81. The van der Waals surface area contributed by atoms with Gasteiger partial charge in [0.1, 0.15) is 11.2 Å². The van der Waals surface area contributed by atoms with E-state index >= 15 is 0 Å². The fourth-order valence-electron chi connectivity index (χ4n) is 4.54. The molecule has 1 heterocycles. The molecule has 1 aromatic carbocycles. The van der Waals surface area contributed by atoms with Crippen LogP contribution in [-0.2, 0) is 14.4 Å². The minimum atomic E-state index is -1.17.